The molecule has 1 heterocycles. The lowest BCUT2D eigenvalue weighted by molar-refractivity contribution is -0.496. The number of hydrogen-bond acceptors (Lipinski definition) is 1. The SMILES string of the molecule is COC1=[N+](C)CCC1. The lowest BCUT2D eigenvalue weighted by Crippen LogP contribution is -2.10. The molecule has 46 valence electrons. The second kappa shape index (κ2) is 2.16. The normalized spacial score (nSPS) is 19.8. The standard InChI is InChI=1S/C6H12NO/c1-7-5-3-4-6(7)8-2/h3-5H2,1-2H3/q+1. The molecular weight excluding hydrogens is 102 g/mol. The van der Waals surface area contributed by atoms with Crippen LogP contribution in [-0.2, 0) is 4.74 Å². The summed E-state index contributed by atoms with van der Waals surface area (Å²) in [6.45, 7) is 1.16. The first-order valence-corrected chi connectivity index (χ1v) is 2.95. The first-order chi connectivity index (χ1) is 3.84. The van der Waals surface area contributed by atoms with Crippen LogP contribution in [0.15, 0.2) is 0 Å². The first kappa shape index (κ1) is 5.60. The lowest BCUT2D eigenvalue weighted by atomic mass is 10.4. The maximum Gasteiger partial charge on any atom is 0.335 e. The third kappa shape index (κ3) is 0.831. The summed E-state index contributed by atoms with van der Waals surface area (Å²) in [5.74, 6) is 1.13. The molecule has 8 heavy (non-hydrogen) atoms. The van der Waals surface area contributed by atoms with Crippen LogP contribution in [0.25, 0.3) is 0 Å². The Morgan fingerprint density at radius 3 is 2.62 bits per heavy atom. The van der Waals surface area contributed by atoms with Crippen molar-refractivity contribution >= 4 is 5.90 Å². The molecule has 1 aliphatic heterocycles. The molecule has 0 N–H and O–H groups in total. The van der Waals surface area contributed by atoms with Gasteiger partial charge >= 0.3 is 5.90 Å². The largest absolute Gasteiger partial charge is 0.451 e. The van der Waals surface area contributed by atoms with E-state index in [1.807, 2.05) is 0 Å². The van der Waals surface area contributed by atoms with Crippen LogP contribution in [0.4, 0.5) is 0 Å². The van der Waals surface area contributed by atoms with Crippen molar-refractivity contribution in [2.45, 2.75) is 12.8 Å². The number of hydrogen-bond donors (Lipinski definition) is 0. The number of methoxy groups -OCH3 is 1. The first-order valence-electron chi connectivity index (χ1n) is 2.95. The fraction of sp³-hybridized carbons (Fsp3) is 0.833. The summed E-state index contributed by atoms with van der Waals surface area (Å²) >= 11 is 0. The van der Waals surface area contributed by atoms with Crippen molar-refractivity contribution < 1.29 is 9.31 Å². The van der Waals surface area contributed by atoms with Crippen molar-refractivity contribution in [2.75, 3.05) is 20.7 Å². The molecule has 0 radical (unpaired) electrons. The Labute approximate surface area is 49.8 Å². The summed E-state index contributed by atoms with van der Waals surface area (Å²) in [5, 5.41) is 0. The molecule has 0 unspecified atom stereocenters. The average Bonchev–Trinajstić information content (AvgIpc) is 2.14. The van der Waals surface area contributed by atoms with Crippen LogP contribution in [0.5, 0.6) is 0 Å². The third-order valence-electron chi connectivity index (χ3n) is 1.55. The monoisotopic (exact) mass is 114 g/mol. The molecule has 2 heteroatoms. The fourth-order valence-corrected chi connectivity index (χ4v) is 1.04. The van der Waals surface area contributed by atoms with Gasteiger partial charge in [-0.25, -0.2) is 4.58 Å². The summed E-state index contributed by atoms with van der Waals surface area (Å²) < 4.78 is 7.22. The summed E-state index contributed by atoms with van der Waals surface area (Å²) in [6.07, 6.45) is 2.37. The summed E-state index contributed by atoms with van der Waals surface area (Å²) in [6, 6.07) is 0. The zero-order chi connectivity index (χ0) is 5.98. The third-order valence-corrected chi connectivity index (χ3v) is 1.55. The zero-order valence-corrected chi connectivity index (χ0v) is 5.48. The molecule has 2 nitrogen and oxygen atoms in total. The van der Waals surface area contributed by atoms with E-state index >= 15 is 0 Å². The molecule has 0 aromatic carbocycles. The second-order valence-corrected chi connectivity index (χ2v) is 2.12. The van der Waals surface area contributed by atoms with Gasteiger partial charge in [0, 0.05) is 6.42 Å². The van der Waals surface area contributed by atoms with Crippen LogP contribution in [0.1, 0.15) is 12.8 Å². The maximum absolute atomic E-state index is 5.07. The van der Waals surface area contributed by atoms with Crippen LogP contribution in [0.2, 0.25) is 0 Å². The number of nitrogens with zero attached hydrogens (tertiary/aromatic N) is 1. The number of ether oxygens (including phenoxy) is 1. The Balaban J connectivity index is 2.58. The summed E-state index contributed by atoms with van der Waals surface area (Å²) in [4.78, 5) is 0. The van der Waals surface area contributed by atoms with Gasteiger partial charge in [-0.2, -0.15) is 0 Å². The topological polar surface area (TPSA) is 12.2 Å². The van der Waals surface area contributed by atoms with E-state index in [0.29, 0.717) is 0 Å². The van der Waals surface area contributed by atoms with Gasteiger partial charge in [0.15, 0.2) is 0 Å². The Hall–Kier alpha value is -0.530. The van der Waals surface area contributed by atoms with E-state index in [1.165, 1.54) is 6.42 Å². The van der Waals surface area contributed by atoms with Crippen LogP contribution in [0, 0.1) is 0 Å². The Morgan fingerprint density at radius 2 is 2.38 bits per heavy atom. The highest BCUT2D eigenvalue weighted by atomic mass is 16.5. The van der Waals surface area contributed by atoms with Crippen LogP contribution >= 0.6 is 0 Å². The highest BCUT2D eigenvalue weighted by Crippen LogP contribution is 2.01. The summed E-state index contributed by atoms with van der Waals surface area (Å²) in [7, 11) is 3.79. The van der Waals surface area contributed by atoms with Crippen LogP contribution in [0.3, 0.4) is 0 Å². The molecule has 0 bridgehead atoms. The van der Waals surface area contributed by atoms with Crippen molar-refractivity contribution in [3.63, 3.8) is 0 Å². The average molecular weight is 114 g/mol. The highest BCUT2D eigenvalue weighted by Gasteiger charge is 2.17. The minimum absolute atomic E-state index is 1.12. The van der Waals surface area contributed by atoms with Gasteiger partial charge in [0.2, 0.25) is 0 Å². The molecule has 0 fully saturated rings. The molecule has 0 aliphatic carbocycles. The smallest absolute Gasteiger partial charge is 0.335 e. The molecule has 0 spiro atoms. The molecule has 0 saturated heterocycles. The van der Waals surface area contributed by atoms with Gasteiger partial charge in [0.1, 0.15) is 13.6 Å². The fourth-order valence-electron chi connectivity index (χ4n) is 1.04. The predicted octanol–water partition coefficient (Wildman–Crippen LogP) is 0.467. The van der Waals surface area contributed by atoms with E-state index in [1.54, 1.807) is 7.11 Å². The van der Waals surface area contributed by atoms with Gasteiger partial charge in [-0.15, -0.1) is 0 Å². The molecule has 0 saturated carbocycles. The Bertz CT molecular complexity index is 118. The van der Waals surface area contributed by atoms with Crippen LogP contribution < -0.4 is 0 Å². The van der Waals surface area contributed by atoms with Gasteiger partial charge in [-0.1, -0.05) is 0 Å². The molecule has 1 aliphatic rings. The predicted molar refractivity (Wildman–Crippen MR) is 32.3 cm³/mol. The minimum Gasteiger partial charge on any atom is -0.451 e. The Kier molecular flexibility index (Phi) is 1.51. The van der Waals surface area contributed by atoms with Crippen molar-refractivity contribution in [1.29, 1.82) is 0 Å². The highest BCUT2D eigenvalue weighted by molar-refractivity contribution is 5.71. The van der Waals surface area contributed by atoms with Gasteiger partial charge < -0.3 is 4.74 Å². The van der Waals surface area contributed by atoms with Crippen molar-refractivity contribution in [3.8, 4) is 0 Å². The molecule has 0 atom stereocenters. The van der Waals surface area contributed by atoms with Gasteiger partial charge in [0.25, 0.3) is 0 Å². The lowest BCUT2D eigenvalue weighted by Gasteiger charge is -1.91. The van der Waals surface area contributed by atoms with E-state index < -0.39 is 0 Å². The Morgan fingerprint density at radius 1 is 1.62 bits per heavy atom. The quantitative estimate of drug-likeness (QED) is 0.417. The zero-order valence-electron chi connectivity index (χ0n) is 5.48. The van der Waals surface area contributed by atoms with Crippen molar-refractivity contribution in [1.82, 2.24) is 0 Å². The van der Waals surface area contributed by atoms with E-state index in [4.69, 9.17) is 4.74 Å². The molecule has 0 aromatic heterocycles. The van der Waals surface area contributed by atoms with Gasteiger partial charge in [-0.3, -0.25) is 0 Å². The summed E-state index contributed by atoms with van der Waals surface area (Å²) in [5.41, 5.74) is 0. The molecule has 0 aromatic rings. The van der Waals surface area contributed by atoms with Crippen molar-refractivity contribution in [2.24, 2.45) is 0 Å². The molecule has 0 amide bonds. The maximum atomic E-state index is 5.07. The minimum atomic E-state index is 1.12. The number of rotatable bonds is 0. The molecular formula is C6H12NO+. The van der Waals surface area contributed by atoms with Crippen LogP contribution in [-0.4, -0.2) is 31.2 Å². The van der Waals surface area contributed by atoms with Gasteiger partial charge in [-0.05, 0) is 0 Å². The van der Waals surface area contributed by atoms with Gasteiger partial charge in [0.05, 0.1) is 13.5 Å². The van der Waals surface area contributed by atoms with Crippen molar-refractivity contribution in [3.05, 3.63) is 0 Å². The molecule has 1 rings (SSSR count). The van der Waals surface area contributed by atoms with E-state index in [2.05, 4.69) is 11.6 Å². The van der Waals surface area contributed by atoms with E-state index in [0.717, 1.165) is 18.9 Å². The van der Waals surface area contributed by atoms with E-state index in [-0.39, 0.29) is 0 Å². The second-order valence-electron chi connectivity index (χ2n) is 2.12. The van der Waals surface area contributed by atoms with E-state index in [9.17, 15) is 0 Å².